The molecule has 0 aromatic heterocycles. The van der Waals surface area contributed by atoms with Gasteiger partial charge in [0.2, 0.25) is 15.9 Å². The number of nitrogens with one attached hydrogen (secondary N) is 2. The smallest absolute Gasteiger partial charge is 0.240 e. The minimum atomic E-state index is -3.59. The van der Waals surface area contributed by atoms with Crippen LogP contribution in [-0.2, 0) is 21.2 Å². The number of amides is 1. The molecule has 0 spiro atoms. The highest BCUT2D eigenvalue weighted by Crippen LogP contribution is 2.36. The normalized spacial score (nSPS) is 17.0. The molecule has 0 saturated heterocycles. The van der Waals surface area contributed by atoms with E-state index in [2.05, 4.69) is 10.0 Å². The number of carbonyl (C=O) groups is 1. The molecule has 132 valence electrons. The standard InChI is InChI=1S/C18H20N2O3S2/c1-13-18(21)20-16-12-15(9-10-17(16)24-13)25(22,23)19-11-5-8-14-6-3-2-4-7-14/h2-4,6-7,9-10,12-13,19H,5,8,11H2,1H3,(H,20,21)/t13-/m0/s1. The number of hydrogen-bond acceptors (Lipinski definition) is 4. The van der Waals surface area contributed by atoms with Crippen LogP contribution in [0.4, 0.5) is 5.69 Å². The monoisotopic (exact) mass is 376 g/mol. The molecule has 2 aromatic rings. The molecule has 2 N–H and O–H groups in total. The second-order valence-electron chi connectivity index (χ2n) is 5.89. The maximum Gasteiger partial charge on any atom is 0.240 e. The van der Waals surface area contributed by atoms with Gasteiger partial charge in [0, 0.05) is 11.4 Å². The Morgan fingerprint density at radius 3 is 2.68 bits per heavy atom. The van der Waals surface area contributed by atoms with Crippen LogP contribution in [0.15, 0.2) is 58.3 Å². The molecule has 0 fully saturated rings. The molecule has 1 aliphatic rings. The van der Waals surface area contributed by atoms with E-state index in [9.17, 15) is 13.2 Å². The van der Waals surface area contributed by atoms with Crippen LogP contribution in [0.2, 0.25) is 0 Å². The van der Waals surface area contributed by atoms with E-state index >= 15 is 0 Å². The zero-order valence-electron chi connectivity index (χ0n) is 13.9. The Bertz CT molecular complexity index is 867. The van der Waals surface area contributed by atoms with Crippen molar-refractivity contribution in [3.8, 4) is 0 Å². The van der Waals surface area contributed by atoms with Gasteiger partial charge in [0.1, 0.15) is 0 Å². The SMILES string of the molecule is C[C@@H]1Sc2ccc(S(=O)(=O)NCCCc3ccccc3)cc2NC1=O. The number of fused-ring (bicyclic) bond motifs is 1. The van der Waals surface area contributed by atoms with Crippen molar-refractivity contribution in [3.63, 3.8) is 0 Å². The highest BCUT2D eigenvalue weighted by molar-refractivity contribution is 8.01. The fourth-order valence-electron chi connectivity index (χ4n) is 2.58. The Morgan fingerprint density at radius 2 is 1.92 bits per heavy atom. The van der Waals surface area contributed by atoms with Gasteiger partial charge in [-0.05, 0) is 43.5 Å². The molecule has 0 saturated carbocycles. The molecular formula is C18H20N2O3S2. The Kier molecular flexibility index (Phi) is 5.46. The van der Waals surface area contributed by atoms with Crippen molar-refractivity contribution in [1.29, 1.82) is 0 Å². The molecule has 5 nitrogen and oxygen atoms in total. The van der Waals surface area contributed by atoms with Crippen LogP contribution in [0.5, 0.6) is 0 Å². The van der Waals surface area contributed by atoms with Crippen LogP contribution < -0.4 is 10.0 Å². The maximum absolute atomic E-state index is 12.4. The van der Waals surface area contributed by atoms with Crippen LogP contribution >= 0.6 is 11.8 Å². The summed E-state index contributed by atoms with van der Waals surface area (Å²) in [5.41, 5.74) is 1.74. The van der Waals surface area contributed by atoms with E-state index in [1.807, 2.05) is 37.3 Å². The summed E-state index contributed by atoms with van der Waals surface area (Å²) in [6, 6.07) is 14.8. The van der Waals surface area contributed by atoms with E-state index in [4.69, 9.17) is 0 Å². The van der Waals surface area contributed by atoms with Gasteiger partial charge in [0.15, 0.2) is 0 Å². The summed E-state index contributed by atoms with van der Waals surface area (Å²) in [5.74, 6) is -0.108. The van der Waals surface area contributed by atoms with Gasteiger partial charge in [-0.3, -0.25) is 4.79 Å². The first kappa shape index (κ1) is 18.0. The summed E-state index contributed by atoms with van der Waals surface area (Å²) in [7, 11) is -3.59. The van der Waals surface area contributed by atoms with Crippen molar-refractivity contribution in [3.05, 3.63) is 54.1 Å². The zero-order chi connectivity index (χ0) is 17.9. The van der Waals surface area contributed by atoms with Crippen LogP contribution in [0, 0.1) is 0 Å². The van der Waals surface area contributed by atoms with Crippen LogP contribution in [0.25, 0.3) is 0 Å². The zero-order valence-corrected chi connectivity index (χ0v) is 15.5. The van der Waals surface area contributed by atoms with E-state index in [0.29, 0.717) is 12.2 Å². The number of hydrogen-bond donors (Lipinski definition) is 2. The van der Waals surface area contributed by atoms with Crippen molar-refractivity contribution in [2.45, 2.75) is 34.8 Å². The average molecular weight is 377 g/mol. The van der Waals surface area contributed by atoms with Gasteiger partial charge in [-0.15, -0.1) is 11.8 Å². The highest BCUT2D eigenvalue weighted by atomic mass is 32.2. The quantitative estimate of drug-likeness (QED) is 0.760. The van der Waals surface area contributed by atoms with Gasteiger partial charge in [0.25, 0.3) is 0 Å². The number of thioether (sulfide) groups is 1. The van der Waals surface area contributed by atoms with Crippen LogP contribution in [0.3, 0.4) is 0 Å². The Balaban J connectivity index is 1.62. The fourth-order valence-corrected chi connectivity index (χ4v) is 4.61. The lowest BCUT2D eigenvalue weighted by Gasteiger charge is -2.21. The molecule has 0 bridgehead atoms. The molecule has 0 aliphatic carbocycles. The number of anilines is 1. The summed E-state index contributed by atoms with van der Waals surface area (Å²) < 4.78 is 27.5. The number of sulfonamides is 1. The molecule has 1 amide bonds. The molecule has 2 aromatic carbocycles. The molecule has 7 heteroatoms. The van der Waals surface area contributed by atoms with Gasteiger partial charge in [-0.25, -0.2) is 13.1 Å². The maximum atomic E-state index is 12.4. The molecule has 25 heavy (non-hydrogen) atoms. The molecule has 0 radical (unpaired) electrons. The second-order valence-corrected chi connectivity index (χ2v) is 9.04. The molecule has 0 unspecified atom stereocenters. The summed E-state index contributed by atoms with van der Waals surface area (Å²) in [6.07, 6.45) is 1.54. The molecule has 1 aliphatic heterocycles. The fraction of sp³-hybridized carbons (Fsp3) is 0.278. The van der Waals surface area contributed by atoms with Crippen molar-refractivity contribution in [1.82, 2.24) is 4.72 Å². The van der Waals surface area contributed by atoms with Crippen molar-refractivity contribution < 1.29 is 13.2 Å². The Labute approximate surface area is 152 Å². The lowest BCUT2D eigenvalue weighted by atomic mass is 10.1. The first-order chi connectivity index (χ1) is 12.0. The van der Waals surface area contributed by atoms with Gasteiger partial charge in [-0.1, -0.05) is 30.3 Å². The third kappa shape index (κ3) is 4.42. The number of benzene rings is 2. The van der Waals surface area contributed by atoms with Gasteiger partial charge in [0.05, 0.1) is 15.8 Å². The number of rotatable bonds is 6. The van der Waals surface area contributed by atoms with Gasteiger partial charge in [-0.2, -0.15) is 0 Å². The average Bonchev–Trinajstić information content (AvgIpc) is 2.60. The van der Waals surface area contributed by atoms with E-state index in [0.717, 1.165) is 17.7 Å². The lowest BCUT2D eigenvalue weighted by Crippen LogP contribution is -2.28. The van der Waals surface area contributed by atoms with E-state index in [1.54, 1.807) is 12.1 Å². The topological polar surface area (TPSA) is 75.3 Å². The van der Waals surface area contributed by atoms with Crippen LogP contribution in [-0.4, -0.2) is 26.1 Å². The van der Waals surface area contributed by atoms with Crippen LogP contribution in [0.1, 0.15) is 18.9 Å². The first-order valence-corrected chi connectivity index (χ1v) is 10.5. The first-order valence-electron chi connectivity index (χ1n) is 8.11. The summed E-state index contributed by atoms with van der Waals surface area (Å²) in [5, 5.41) is 2.58. The van der Waals surface area contributed by atoms with Crippen molar-refractivity contribution in [2.75, 3.05) is 11.9 Å². The Hall–Kier alpha value is -1.83. The third-order valence-corrected chi connectivity index (χ3v) is 6.61. The molecule has 3 rings (SSSR count). The Morgan fingerprint density at radius 1 is 1.16 bits per heavy atom. The number of carbonyl (C=O) groups excluding carboxylic acids is 1. The summed E-state index contributed by atoms with van der Waals surface area (Å²) >= 11 is 1.43. The lowest BCUT2D eigenvalue weighted by molar-refractivity contribution is -0.115. The summed E-state index contributed by atoms with van der Waals surface area (Å²) in [6.45, 7) is 2.19. The number of aryl methyl sites for hydroxylation is 1. The minimum absolute atomic E-state index is 0.108. The van der Waals surface area contributed by atoms with E-state index in [1.165, 1.54) is 23.4 Å². The van der Waals surface area contributed by atoms with Gasteiger partial charge < -0.3 is 5.32 Å². The van der Waals surface area contributed by atoms with Gasteiger partial charge >= 0.3 is 0 Å². The van der Waals surface area contributed by atoms with Crippen molar-refractivity contribution >= 4 is 33.4 Å². The summed E-state index contributed by atoms with van der Waals surface area (Å²) in [4.78, 5) is 12.8. The molecular weight excluding hydrogens is 356 g/mol. The molecule has 1 heterocycles. The second kappa shape index (κ2) is 7.59. The minimum Gasteiger partial charge on any atom is -0.324 e. The van der Waals surface area contributed by atoms with Crippen molar-refractivity contribution in [2.24, 2.45) is 0 Å². The highest BCUT2D eigenvalue weighted by Gasteiger charge is 2.24. The molecule has 1 atom stereocenters. The van der Waals surface area contributed by atoms with E-state index in [-0.39, 0.29) is 16.1 Å². The third-order valence-electron chi connectivity index (χ3n) is 3.97. The predicted octanol–water partition coefficient (Wildman–Crippen LogP) is 3.03. The van der Waals surface area contributed by atoms with E-state index < -0.39 is 10.0 Å². The predicted molar refractivity (Wildman–Crippen MR) is 100 cm³/mol. The largest absolute Gasteiger partial charge is 0.324 e.